The lowest BCUT2D eigenvalue weighted by atomic mass is 10.1. The van der Waals surface area contributed by atoms with Gasteiger partial charge in [0.25, 0.3) is 0 Å². The molecule has 0 radical (unpaired) electrons. The van der Waals surface area contributed by atoms with Crippen molar-refractivity contribution in [2.45, 2.75) is 11.4 Å². The van der Waals surface area contributed by atoms with Gasteiger partial charge in [0.15, 0.2) is 9.84 Å². The number of halogens is 2. The number of amidine groups is 1. The maximum Gasteiger partial charge on any atom is 0.246 e. The first-order valence-electron chi connectivity index (χ1n) is 9.94. The molecule has 0 saturated carbocycles. The van der Waals surface area contributed by atoms with E-state index in [-0.39, 0.29) is 12.5 Å². The molecule has 0 bridgehead atoms. The average Bonchev–Trinajstić information content (AvgIpc) is 3.28. The van der Waals surface area contributed by atoms with Gasteiger partial charge in [0, 0.05) is 38.3 Å². The van der Waals surface area contributed by atoms with Crippen LogP contribution < -0.4 is 10.6 Å². The third-order valence-electron chi connectivity index (χ3n) is 4.74. The van der Waals surface area contributed by atoms with Crippen LogP contribution in [0.4, 0.5) is 8.78 Å². The van der Waals surface area contributed by atoms with E-state index in [9.17, 15) is 22.0 Å². The van der Waals surface area contributed by atoms with Crippen molar-refractivity contribution in [3.63, 3.8) is 0 Å². The van der Waals surface area contributed by atoms with Crippen molar-refractivity contribution in [2.75, 3.05) is 32.6 Å². The summed E-state index contributed by atoms with van der Waals surface area (Å²) in [5.74, 6) is -2.33. The van der Waals surface area contributed by atoms with Crippen molar-refractivity contribution in [3.05, 3.63) is 77.4 Å². The predicted molar refractivity (Wildman–Crippen MR) is 118 cm³/mol. The number of carbonyl (C=O) groups excluding carboxylic acids is 1. The minimum Gasteiger partial charge on any atom is -0.368 e. The normalized spacial score (nSPS) is 13.8. The third kappa shape index (κ3) is 5.98. The quantitative estimate of drug-likeness (QED) is 0.439. The Morgan fingerprint density at radius 2 is 1.88 bits per heavy atom. The third-order valence-corrected chi connectivity index (χ3v) is 6.34. The van der Waals surface area contributed by atoms with Crippen LogP contribution in [0.5, 0.6) is 0 Å². The minimum absolute atomic E-state index is 0.0404. The van der Waals surface area contributed by atoms with Crippen LogP contribution in [0.2, 0.25) is 0 Å². The van der Waals surface area contributed by atoms with Crippen molar-refractivity contribution < 1.29 is 22.0 Å². The van der Waals surface area contributed by atoms with Crippen LogP contribution in [0.3, 0.4) is 0 Å². The lowest BCUT2D eigenvalue weighted by molar-refractivity contribution is -0.125. The summed E-state index contributed by atoms with van der Waals surface area (Å²) < 4.78 is 51.6. The number of hydrogen-bond donors (Lipinski definition) is 2. The number of nitrogens with one attached hydrogen (secondary N) is 2. The standard InChI is InChI=1S/C22H24F2N4O3S/c1-28(14-16-7-9-17(10-8-16)22-26-12-13-27-22)20(29)6-3-11-25-15-32(30,31)21-18(23)4-2-5-19(21)24/h2-10,25H,11-15H2,1H3,(H,26,27). The monoisotopic (exact) mass is 462 g/mol. The molecule has 0 saturated heterocycles. The van der Waals surface area contributed by atoms with Gasteiger partial charge >= 0.3 is 0 Å². The van der Waals surface area contributed by atoms with E-state index in [1.165, 1.54) is 17.1 Å². The Morgan fingerprint density at radius 1 is 1.19 bits per heavy atom. The molecule has 32 heavy (non-hydrogen) atoms. The highest BCUT2D eigenvalue weighted by Crippen LogP contribution is 2.19. The number of hydrogen-bond acceptors (Lipinski definition) is 6. The lowest BCUT2D eigenvalue weighted by Crippen LogP contribution is -2.26. The van der Waals surface area contributed by atoms with Crippen LogP contribution in [0.1, 0.15) is 11.1 Å². The Kier molecular flexibility index (Phi) is 7.70. The molecule has 0 atom stereocenters. The molecule has 0 unspecified atom stereocenters. The van der Waals surface area contributed by atoms with E-state index in [2.05, 4.69) is 15.6 Å². The van der Waals surface area contributed by atoms with Crippen LogP contribution in [-0.4, -0.2) is 57.6 Å². The van der Waals surface area contributed by atoms with E-state index in [4.69, 9.17) is 0 Å². The second kappa shape index (κ2) is 10.5. The van der Waals surface area contributed by atoms with Gasteiger partial charge in [-0.05, 0) is 17.7 Å². The molecule has 0 fully saturated rings. The number of sulfone groups is 1. The fourth-order valence-electron chi connectivity index (χ4n) is 3.13. The molecule has 1 amide bonds. The van der Waals surface area contributed by atoms with Crippen molar-refractivity contribution in [1.29, 1.82) is 0 Å². The summed E-state index contributed by atoms with van der Waals surface area (Å²) in [6.07, 6.45) is 2.77. The van der Waals surface area contributed by atoms with Crippen LogP contribution in [0.25, 0.3) is 0 Å². The van der Waals surface area contributed by atoms with Crippen LogP contribution >= 0.6 is 0 Å². The lowest BCUT2D eigenvalue weighted by Gasteiger charge is -2.15. The Labute approximate surface area is 185 Å². The summed E-state index contributed by atoms with van der Waals surface area (Å²) in [7, 11) is -2.54. The molecule has 1 aliphatic heterocycles. The molecule has 2 aromatic carbocycles. The van der Waals surface area contributed by atoms with Crippen LogP contribution in [-0.2, 0) is 21.2 Å². The number of nitrogens with zero attached hydrogens (tertiary/aromatic N) is 2. The molecule has 0 aromatic heterocycles. The van der Waals surface area contributed by atoms with E-state index in [1.807, 2.05) is 24.3 Å². The second-order valence-electron chi connectivity index (χ2n) is 7.21. The first-order valence-corrected chi connectivity index (χ1v) is 11.6. The summed E-state index contributed by atoms with van der Waals surface area (Å²) >= 11 is 0. The largest absolute Gasteiger partial charge is 0.368 e. The van der Waals surface area contributed by atoms with E-state index in [0.717, 1.165) is 48.3 Å². The zero-order valence-electron chi connectivity index (χ0n) is 17.5. The second-order valence-corrected chi connectivity index (χ2v) is 9.14. The fourth-order valence-corrected chi connectivity index (χ4v) is 4.39. The molecule has 0 aliphatic carbocycles. The molecule has 7 nitrogen and oxygen atoms in total. The topological polar surface area (TPSA) is 90.9 Å². The molecular formula is C22H24F2N4O3S. The summed E-state index contributed by atoms with van der Waals surface area (Å²) in [4.78, 5) is 17.2. The Hall–Kier alpha value is -3.11. The highest BCUT2D eigenvalue weighted by Gasteiger charge is 2.23. The molecule has 1 heterocycles. The van der Waals surface area contributed by atoms with Gasteiger partial charge in [-0.25, -0.2) is 17.2 Å². The van der Waals surface area contributed by atoms with Crippen molar-refractivity contribution in [3.8, 4) is 0 Å². The van der Waals surface area contributed by atoms with Crippen LogP contribution in [0.15, 0.2) is 64.5 Å². The predicted octanol–water partition coefficient (Wildman–Crippen LogP) is 1.85. The fraction of sp³-hybridized carbons (Fsp3) is 0.273. The summed E-state index contributed by atoms with van der Waals surface area (Å²) in [6, 6.07) is 10.6. The maximum atomic E-state index is 13.7. The first-order chi connectivity index (χ1) is 15.3. The van der Waals surface area contributed by atoms with Gasteiger partial charge in [-0.15, -0.1) is 0 Å². The van der Waals surface area contributed by atoms with Crippen molar-refractivity contribution >= 4 is 21.6 Å². The molecule has 0 spiro atoms. The molecule has 10 heteroatoms. The zero-order valence-corrected chi connectivity index (χ0v) is 18.3. The number of rotatable bonds is 9. The van der Waals surface area contributed by atoms with Crippen LogP contribution in [0, 0.1) is 11.6 Å². The highest BCUT2D eigenvalue weighted by molar-refractivity contribution is 7.91. The van der Waals surface area contributed by atoms with Gasteiger partial charge < -0.3 is 10.2 Å². The summed E-state index contributed by atoms with van der Waals surface area (Å²) in [6.45, 7) is 2.04. The van der Waals surface area contributed by atoms with E-state index >= 15 is 0 Å². The van der Waals surface area contributed by atoms with Crippen molar-refractivity contribution in [1.82, 2.24) is 15.5 Å². The Morgan fingerprint density at radius 3 is 2.50 bits per heavy atom. The van der Waals surface area contributed by atoms with E-state index in [0.29, 0.717) is 6.54 Å². The maximum absolute atomic E-state index is 13.7. The number of benzene rings is 2. The molecule has 1 aliphatic rings. The summed E-state index contributed by atoms with van der Waals surface area (Å²) in [5.41, 5.74) is 1.95. The summed E-state index contributed by atoms with van der Waals surface area (Å²) in [5, 5.41) is 5.76. The molecule has 170 valence electrons. The van der Waals surface area contributed by atoms with Gasteiger partial charge in [0.1, 0.15) is 28.2 Å². The Balaban J connectivity index is 1.46. The van der Waals surface area contributed by atoms with Gasteiger partial charge in [-0.2, -0.15) is 0 Å². The van der Waals surface area contributed by atoms with Gasteiger partial charge in [-0.1, -0.05) is 36.4 Å². The van der Waals surface area contributed by atoms with Gasteiger partial charge in [-0.3, -0.25) is 15.1 Å². The van der Waals surface area contributed by atoms with Gasteiger partial charge in [0.05, 0.1) is 6.54 Å². The molecular weight excluding hydrogens is 438 g/mol. The molecule has 3 rings (SSSR count). The number of carbonyl (C=O) groups is 1. The first kappa shape index (κ1) is 23.6. The number of amides is 1. The zero-order chi connectivity index (χ0) is 23.1. The smallest absolute Gasteiger partial charge is 0.246 e. The number of likely N-dealkylation sites (N-methyl/N-ethyl adjacent to an activating group) is 1. The van der Waals surface area contributed by atoms with Crippen molar-refractivity contribution in [2.24, 2.45) is 4.99 Å². The number of aliphatic imine (C=N–C) groups is 1. The SMILES string of the molecule is CN(Cc1ccc(C2=NCCN2)cc1)C(=O)C=CCNCS(=O)(=O)c1c(F)cccc1F. The van der Waals surface area contributed by atoms with E-state index < -0.39 is 32.2 Å². The van der Waals surface area contributed by atoms with E-state index in [1.54, 1.807) is 7.05 Å². The minimum atomic E-state index is -4.19. The van der Waals surface area contributed by atoms with Gasteiger partial charge in [0.2, 0.25) is 5.91 Å². The average molecular weight is 463 g/mol. The Bertz CT molecular complexity index is 1110. The molecule has 2 N–H and O–H groups in total. The molecule has 2 aromatic rings. The highest BCUT2D eigenvalue weighted by atomic mass is 32.2.